The van der Waals surface area contributed by atoms with Gasteiger partial charge in [0.05, 0.1) is 5.33 Å². The van der Waals surface area contributed by atoms with Gasteiger partial charge in [-0.05, 0) is 17.7 Å². The first-order chi connectivity index (χ1) is 10.8. The van der Waals surface area contributed by atoms with Crippen molar-refractivity contribution in [3.8, 4) is 0 Å². The fourth-order valence-corrected chi connectivity index (χ4v) is 3.83. The predicted molar refractivity (Wildman–Crippen MR) is 84.6 cm³/mol. The lowest BCUT2D eigenvalue weighted by Crippen LogP contribution is -2.70. The summed E-state index contributed by atoms with van der Waals surface area (Å²) < 4.78 is 0. The number of fused-ring (bicyclic) bond motifs is 1. The lowest BCUT2D eigenvalue weighted by molar-refractivity contribution is -0.150. The Kier molecular flexibility index (Phi) is 5.09. The molecule has 0 aliphatic carbocycles. The molecule has 1 fully saturated rings. The van der Waals surface area contributed by atoms with Crippen LogP contribution in [0.25, 0.3) is 0 Å². The number of nitroso groups, excluding NO2 is 1. The molecule has 2 aliphatic heterocycles. The fraction of sp³-hybridized carbons (Fsp3) is 0.417. The average Bonchev–Trinajstić information content (AvgIpc) is 2.52. The first-order valence-corrected chi connectivity index (χ1v) is 8.50. The zero-order chi connectivity index (χ0) is 17.3. The van der Waals surface area contributed by atoms with Gasteiger partial charge < -0.3 is 15.5 Å². The van der Waals surface area contributed by atoms with E-state index in [4.69, 9.17) is 0 Å². The van der Waals surface area contributed by atoms with Gasteiger partial charge in [0.1, 0.15) is 22.9 Å². The smallest absolute Gasteiger partial charge is 0.352 e. The van der Waals surface area contributed by atoms with Gasteiger partial charge in [-0.15, -0.1) is 16.7 Å². The van der Waals surface area contributed by atoms with E-state index in [2.05, 4.69) is 26.4 Å². The topological polar surface area (TPSA) is 136 Å². The van der Waals surface area contributed by atoms with Crippen LogP contribution in [0.4, 0.5) is 0 Å². The molecule has 2 heterocycles. The van der Waals surface area contributed by atoms with Crippen molar-refractivity contribution < 1.29 is 24.6 Å². The minimum absolute atomic E-state index is 0.0863. The highest BCUT2D eigenvalue weighted by molar-refractivity contribution is 9.09. The van der Waals surface area contributed by atoms with Crippen LogP contribution in [0.2, 0.25) is 0 Å². The van der Waals surface area contributed by atoms with Crippen molar-refractivity contribution >= 4 is 45.5 Å². The van der Waals surface area contributed by atoms with Crippen LogP contribution in [-0.2, 0) is 14.4 Å². The number of hydrogen-bond donors (Lipinski definition) is 3. The SMILES string of the molecule is CC1=C(C(=O)O)N2C(=O)C(NC(=O)C(N=O)=C(O)CBr)[C@H]2SC1. The number of nitrogens with zero attached hydrogens (tertiary/aromatic N) is 2. The minimum Gasteiger partial charge on any atom is -0.509 e. The number of nitrogens with one attached hydrogen (secondary N) is 1. The van der Waals surface area contributed by atoms with E-state index in [9.17, 15) is 29.5 Å². The molecule has 0 saturated carbocycles. The summed E-state index contributed by atoms with van der Waals surface area (Å²) in [4.78, 5) is 47.1. The molecule has 2 aliphatic rings. The van der Waals surface area contributed by atoms with E-state index >= 15 is 0 Å². The van der Waals surface area contributed by atoms with Gasteiger partial charge in [0.15, 0.2) is 0 Å². The summed E-state index contributed by atoms with van der Waals surface area (Å²) in [5.74, 6) is -2.93. The predicted octanol–water partition coefficient (Wildman–Crippen LogP) is 0.676. The number of amides is 2. The molecule has 9 nitrogen and oxygen atoms in total. The monoisotopic (exact) mass is 405 g/mol. The lowest BCUT2D eigenvalue weighted by atomic mass is 10.0. The number of carboxylic acid groups (broad SMARTS) is 1. The van der Waals surface area contributed by atoms with E-state index in [0.717, 1.165) is 4.90 Å². The molecule has 0 aromatic rings. The van der Waals surface area contributed by atoms with Crippen molar-refractivity contribution in [3.63, 3.8) is 0 Å². The summed E-state index contributed by atoms with van der Waals surface area (Å²) in [7, 11) is 0. The first-order valence-electron chi connectivity index (χ1n) is 6.33. The Morgan fingerprint density at radius 3 is 2.65 bits per heavy atom. The molecule has 1 unspecified atom stereocenters. The largest absolute Gasteiger partial charge is 0.509 e. The van der Waals surface area contributed by atoms with Crippen molar-refractivity contribution in [2.45, 2.75) is 18.3 Å². The van der Waals surface area contributed by atoms with E-state index in [1.165, 1.54) is 11.8 Å². The Labute approximate surface area is 142 Å². The number of rotatable bonds is 5. The molecule has 0 bridgehead atoms. The van der Waals surface area contributed by atoms with Gasteiger partial charge in [0.2, 0.25) is 5.70 Å². The van der Waals surface area contributed by atoms with E-state index in [1.54, 1.807) is 6.92 Å². The molecule has 0 spiro atoms. The fourth-order valence-electron chi connectivity index (χ4n) is 2.27. The Morgan fingerprint density at radius 2 is 2.13 bits per heavy atom. The number of β-lactam (4-membered cyclic amide) rings is 1. The van der Waals surface area contributed by atoms with Crippen LogP contribution >= 0.6 is 27.7 Å². The maximum Gasteiger partial charge on any atom is 0.352 e. The second-order valence-corrected chi connectivity index (χ2v) is 6.48. The summed E-state index contributed by atoms with van der Waals surface area (Å²) in [5.41, 5.74) is -0.250. The van der Waals surface area contributed by atoms with Crippen LogP contribution in [0.1, 0.15) is 6.92 Å². The van der Waals surface area contributed by atoms with Crippen LogP contribution in [-0.4, -0.2) is 55.4 Å². The van der Waals surface area contributed by atoms with Crippen molar-refractivity contribution in [2.24, 2.45) is 5.18 Å². The van der Waals surface area contributed by atoms with Crippen LogP contribution in [0.15, 0.2) is 27.9 Å². The molecule has 3 N–H and O–H groups in total. The second kappa shape index (κ2) is 6.71. The van der Waals surface area contributed by atoms with Gasteiger partial charge in [-0.2, -0.15) is 0 Å². The zero-order valence-electron chi connectivity index (χ0n) is 11.8. The first kappa shape index (κ1) is 17.5. The van der Waals surface area contributed by atoms with Crippen molar-refractivity contribution in [3.05, 3.63) is 27.6 Å². The van der Waals surface area contributed by atoms with E-state index in [0.29, 0.717) is 11.3 Å². The third kappa shape index (κ3) is 2.98. The number of aliphatic hydroxyl groups is 1. The molecular formula is C12H12BrN3O6S. The minimum atomic E-state index is -1.21. The van der Waals surface area contributed by atoms with Crippen molar-refractivity contribution in [2.75, 3.05) is 11.1 Å². The molecule has 2 atom stereocenters. The standard InChI is InChI=1S/C12H12BrN3O6S/c1-4-3-23-11-7(10(19)16(11)8(4)12(20)21)14-9(18)6(15-22)5(17)2-13/h7,11,17H,2-3H2,1H3,(H,14,18)(H,20,21)/t7?,11-/m1/s1. The quantitative estimate of drug-likeness (QED) is 0.201. The number of carboxylic acids is 1. The van der Waals surface area contributed by atoms with E-state index in [1.807, 2.05) is 0 Å². The second-order valence-electron chi connectivity index (χ2n) is 4.82. The Morgan fingerprint density at radius 1 is 1.48 bits per heavy atom. The van der Waals surface area contributed by atoms with E-state index < -0.39 is 40.7 Å². The number of allylic oxidation sites excluding steroid dienone is 1. The van der Waals surface area contributed by atoms with E-state index in [-0.39, 0.29) is 11.0 Å². The Hall–Kier alpha value is -1.88. The molecule has 2 amide bonds. The molecule has 23 heavy (non-hydrogen) atoms. The van der Waals surface area contributed by atoms with Crippen LogP contribution in [0.5, 0.6) is 0 Å². The number of alkyl halides is 1. The zero-order valence-corrected chi connectivity index (χ0v) is 14.2. The molecular weight excluding hydrogens is 394 g/mol. The van der Waals surface area contributed by atoms with Gasteiger partial charge in [0.25, 0.3) is 11.8 Å². The number of halogens is 1. The summed E-state index contributed by atoms with van der Waals surface area (Å²) in [6.45, 7) is 1.62. The third-order valence-electron chi connectivity index (χ3n) is 3.35. The van der Waals surface area contributed by atoms with Gasteiger partial charge in [-0.25, -0.2) is 4.79 Å². The van der Waals surface area contributed by atoms with Crippen LogP contribution in [0.3, 0.4) is 0 Å². The Bertz CT molecular complexity index is 661. The highest BCUT2D eigenvalue weighted by Gasteiger charge is 2.54. The van der Waals surface area contributed by atoms with Crippen molar-refractivity contribution in [1.29, 1.82) is 0 Å². The average molecular weight is 406 g/mol. The van der Waals surface area contributed by atoms with Gasteiger partial charge in [-0.1, -0.05) is 15.9 Å². The highest BCUT2D eigenvalue weighted by atomic mass is 79.9. The highest BCUT2D eigenvalue weighted by Crippen LogP contribution is 2.40. The number of carbonyl (C=O) groups excluding carboxylic acids is 2. The lowest BCUT2D eigenvalue weighted by Gasteiger charge is -2.49. The summed E-state index contributed by atoms with van der Waals surface area (Å²) in [5, 5.41) is 22.7. The van der Waals surface area contributed by atoms with Gasteiger partial charge in [0, 0.05) is 5.75 Å². The molecule has 0 radical (unpaired) electrons. The number of hydrogen-bond acceptors (Lipinski definition) is 7. The third-order valence-corrected chi connectivity index (χ3v) is 5.31. The summed E-state index contributed by atoms with van der Waals surface area (Å²) in [6.07, 6.45) is 0. The maximum absolute atomic E-state index is 12.1. The van der Waals surface area contributed by atoms with Crippen molar-refractivity contribution in [1.82, 2.24) is 10.2 Å². The normalized spacial score (nSPS) is 24.4. The molecule has 11 heteroatoms. The number of aliphatic carboxylic acids is 1. The summed E-state index contributed by atoms with van der Waals surface area (Å²) >= 11 is 4.18. The van der Waals surface area contributed by atoms with Gasteiger partial charge >= 0.3 is 5.97 Å². The maximum atomic E-state index is 12.1. The van der Waals surface area contributed by atoms with Crippen LogP contribution < -0.4 is 5.32 Å². The number of thioether (sulfide) groups is 1. The van der Waals surface area contributed by atoms with Gasteiger partial charge in [-0.3, -0.25) is 14.5 Å². The molecule has 0 aromatic carbocycles. The number of carbonyl (C=O) groups is 3. The molecule has 124 valence electrons. The summed E-state index contributed by atoms with van der Waals surface area (Å²) in [6, 6.07) is -0.977. The molecule has 1 saturated heterocycles. The molecule has 0 aromatic heterocycles. The number of aliphatic hydroxyl groups excluding tert-OH is 1. The van der Waals surface area contributed by atoms with Crippen LogP contribution in [0, 0.1) is 4.91 Å². The Balaban J connectivity index is 2.18. The molecule has 2 rings (SSSR count).